The van der Waals surface area contributed by atoms with Crippen molar-refractivity contribution < 1.29 is 9.53 Å². The van der Waals surface area contributed by atoms with Crippen molar-refractivity contribution in [2.45, 2.75) is 12.5 Å². The monoisotopic (exact) mass is 357 g/mol. The normalized spacial score (nSPS) is 10.4. The summed E-state index contributed by atoms with van der Waals surface area (Å²) in [6, 6.07) is 27.4. The van der Waals surface area contributed by atoms with E-state index in [1.165, 1.54) is 0 Å². The lowest BCUT2D eigenvalue weighted by atomic mass is 9.99. The van der Waals surface area contributed by atoms with E-state index in [2.05, 4.69) is 11.9 Å². The second-order valence-electron chi connectivity index (χ2n) is 6.21. The number of carbonyl (C=O) groups excluding carboxylic acids is 1. The van der Waals surface area contributed by atoms with Crippen molar-refractivity contribution in [2.24, 2.45) is 0 Å². The van der Waals surface area contributed by atoms with Gasteiger partial charge in [-0.25, -0.2) is 0 Å². The van der Waals surface area contributed by atoms with Gasteiger partial charge in [0.2, 0.25) is 0 Å². The number of rotatable bonds is 8. The van der Waals surface area contributed by atoms with Crippen LogP contribution in [-0.2, 0) is 11.2 Å². The van der Waals surface area contributed by atoms with E-state index in [4.69, 9.17) is 4.74 Å². The highest BCUT2D eigenvalue weighted by Gasteiger charge is 2.17. The number of para-hydroxylation sites is 1. The summed E-state index contributed by atoms with van der Waals surface area (Å²) < 4.78 is 5.76. The average Bonchev–Trinajstić information content (AvgIpc) is 2.73. The number of benzene rings is 3. The first-order valence-corrected chi connectivity index (χ1v) is 8.99. The Labute approximate surface area is 160 Å². The van der Waals surface area contributed by atoms with Gasteiger partial charge in [0, 0.05) is 0 Å². The van der Waals surface area contributed by atoms with Gasteiger partial charge in [-0.15, -0.1) is 6.58 Å². The molecule has 3 rings (SSSR count). The van der Waals surface area contributed by atoms with Crippen LogP contribution in [0.15, 0.2) is 97.6 Å². The van der Waals surface area contributed by atoms with E-state index < -0.39 is 0 Å². The molecule has 0 spiro atoms. The van der Waals surface area contributed by atoms with Gasteiger partial charge >= 0.3 is 0 Å². The Hall–Kier alpha value is -3.33. The number of amides is 1. The number of nitrogens with one attached hydrogen (secondary N) is 1. The third-order valence-electron chi connectivity index (χ3n) is 4.27. The molecule has 0 atom stereocenters. The Morgan fingerprint density at radius 2 is 1.44 bits per heavy atom. The molecular weight excluding hydrogens is 334 g/mol. The molecule has 0 aliphatic heterocycles. The summed E-state index contributed by atoms with van der Waals surface area (Å²) in [5, 5.41) is 3.09. The molecule has 3 heteroatoms. The smallest absolute Gasteiger partial charge is 0.258 e. The van der Waals surface area contributed by atoms with Gasteiger partial charge in [-0.1, -0.05) is 84.9 Å². The summed E-state index contributed by atoms with van der Waals surface area (Å²) in [6.45, 7) is 3.73. The molecule has 0 unspecified atom stereocenters. The first kappa shape index (κ1) is 18.5. The topological polar surface area (TPSA) is 38.3 Å². The van der Waals surface area contributed by atoms with Crippen LogP contribution in [0, 0.1) is 0 Å². The van der Waals surface area contributed by atoms with Crippen LogP contribution in [0.1, 0.15) is 22.7 Å². The molecule has 0 saturated carbocycles. The highest BCUT2D eigenvalue weighted by atomic mass is 16.5. The number of ether oxygens (including phenoxy) is 1. The maximum atomic E-state index is 12.6. The summed E-state index contributed by atoms with van der Waals surface area (Å²) in [5.74, 6) is 0.546. The predicted octanol–water partition coefficient (Wildman–Crippen LogP) is 4.70. The quantitative estimate of drug-likeness (QED) is 0.594. The van der Waals surface area contributed by atoms with Crippen LogP contribution in [-0.4, -0.2) is 12.5 Å². The van der Waals surface area contributed by atoms with E-state index in [1.807, 2.05) is 91.0 Å². The standard InChI is InChI=1S/C24H23NO2/c1-2-11-19-12-9-10-17-22(19)27-18-23(26)25-24(20-13-5-3-6-14-20)21-15-7-4-8-16-21/h2-10,12-17,24H,1,11,18H2,(H,25,26). The zero-order valence-corrected chi connectivity index (χ0v) is 15.2. The zero-order valence-electron chi connectivity index (χ0n) is 15.2. The molecule has 1 N–H and O–H groups in total. The number of allylic oxidation sites excluding steroid dienone is 1. The zero-order chi connectivity index (χ0) is 18.9. The van der Waals surface area contributed by atoms with Crippen molar-refractivity contribution in [2.75, 3.05) is 6.61 Å². The van der Waals surface area contributed by atoms with Crippen LogP contribution >= 0.6 is 0 Å². The van der Waals surface area contributed by atoms with Crippen LogP contribution in [0.3, 0.4) is 0 Å². The van der Waals surface area contributed by atoms with Gasteiger partial charge in [-0.05, 0) is 29.2 Å². The lowest BCUT2D eigenvalue weighted by molar-refractivity contribution is -0.123. The minimum atomic E-state index is -0.216. The molecule has 3 nitrogen and oxygen atoms in total. The molecule has 0 saturated heterocycles. The molecule has 0 radical (unpaired) electrons. The van der Waals surface area contributed by atoms with E-state index in [-0.39, 0.29) is 18.6 Å². The third kappa shape index (κ3) is 5.08. The molecule has 0 heterocycles. The molecule has 0 aliphatic carbocycles. The van der Waals surface area contributed by atoms with Gasteiger partial charge in [-0.3, -0.25) is 4.79 Å². The molecule has 3 aromatic rings. The fourth-order valence-electron chi connectivity index (χ4n) is 2.96. The Bertz CT molecular complexity index is 836. The lowest BCUT2D eigenvalue weighted by Gasteiger charge is -2.20. The Balaban J connectivity index is 1.71. The second kappa shape index (κ2) is 9.39. The molecule has 0 bridgehead atoms. The van der Waals surface area contributed by atoms with Crippen molar-refractivity contribution in [3.63, 3.8) is 0 Å². The molecule has 27 heavy (non-hydrogen) atoms. The van der Waals surface area contributed by atoms with Crippen molar-refractivity contribution in [3.8, 4) is 5.75 Å². The summed E-state index contributed by atoms with van der Waals surface area (Å²) >= 11 is 0. The van der Waals surface area contributed by atoms with Gasteiger partial charge in [0.1, 0.15) is 5.75 Å². The van der Waals surface area contributed by atoms with Crippen molar-refractivity contribution in [3.05, 3.63) is 114 Å². The first-order chi connectivity index (χ1) is 13.3. The number of hydrogen-bond donors (Lipinski definition) is 1. The molecule has 3 aromatic carbocycles. The van der Waals surface area contributed by atoms with E-state index in [9.17, 15) is 4.79 Å². The molecule has 0 fully saturated rings. The Morgan fingerprint density at radius 1 is 0.889 bits per heavy atom. The van der Waals surface area contributed by atoms with Gasteiger partial charge < -0.3 is 10.1 Å². The Kier molecular flexibility index (Phi) is 6.42. The van der Waals surface area contributed by atoms with Crippen LogP contribution < -0.4 is 10.1 Å². The summed E-state index contributed by atoms with van der Waals surface area (Å²) in [7, 11) is 0. The van der Waals surface area contributed by atoms with E-state index in [0.717, 1.165) is 16.7 Å². The van der Waals surface area contributed by atoms with E-state index in [1.54, 1.807) is 0 Å². The fraction of sp³-hybridized carbons (Fsp3) is 0.125. The number of carbonyl (C=O) groups is 1. The fourth-order valence-corrected chi connectivity index (χ4v) is 2.96. The van der Waals surface area contributed by atoms with Crippen molar-refractivity contribution in [1.82, 2.24) is 5.32 Å². The lowest BCUT2D eigenvalue weighted by Crippen LogP contribution is -2.33. The molecule has 0 aliphatic rings. The largest absolute Gasteiger partial charge is 0.483 e. The maximum Gasteiger partial charge on any atom is 0.258 e. The maximum absolute atomic E-state index is 12.6. The molecule has 1 amide bonds. The Morgan fingerprint density at radius 3 is 2.04 bits per heavy atom. The highest BCUT2D eigenvalue weighted by molar-refractivity contribution is 5.78. The first-order valence-electron chi connectivity index (χ1n) is 8.99. The van der Waals surface area contributed by atoms with Crippen molar-refractivity contribution >= 4 is 5.91 Å². The van der Waals surface area contributed by atoms with Gasteiger partial charge in [0.15, 0.2) is 6.61 Å². The predicted molar refractivity (Wildman–Crippen MR) is 109 cm³/mol. The van der Waals surface area contributed by atoms with Gasteiger partial charge in [-0.2, -0.15) is 0 Å². The van der Waals surface area contributed by atoms with Crippen molar-refractivity contribution in [1.29, 1.82) is 0 Å². The second-order valence-corrected chi connectivity index (χ2v) is 6.21. The molecule has 0 aromatic heterocycles. The minimum Gasteiger partial charge on any atom is -0.483 e. The highest BCUT2D eigenvalue weighted by Crippen LogP contribution is 2.22. The molecular formula is C24H23NO2. The minimum absolute atomic E-state index is 0.0374. The molecule has 136 valence electrons. The summed E-state index contributed by atoms with van der Waals surface area (Å²) in [4.78, 5) is 12.6. The summed E-state index contributed by atoms with van der Waals surface area (Å²) in [5.41, 5.74) is 3.08. The van der Waals surface area contributed by atoms with E-state index in [0.29, 0.717) is 12.2 Å². The third-order valence-corrected chi connectivity index (χ3v) is 4.27. The SMILES string of the molecule is C=CCc1ccccc1OCC(=O)NC(c1ccccc1)c1ccccc1. The average molecular weight is 357 g/mol. The van der Waals surface area contributed by atoms with Crippen LogP contribution in [0.2, 0.25) is 0 Å². The van der Waals surface area contributed by atoms with Gasteiger partial charge in [0.25, 0.3) is 5.91 Å². The number of hydrogen-bond acceptors (Lipinski definition) is 2. The van der Waals surface area contributed by atoms with E-state index >= 15 is 0 Å². The summed E-state index contributed by atoms with van der Waals surface area (Å²) in [6.07, 6.45) is 2.53. The van der Waals surface area contributed by atoms with Crippen LogP contribution in [0.5, 0.6) is 5.75 Å². The van der Waals surface area contributed by atoms with Crippen LogP contribution in [0.25, 0.3) is 0 Å². The van der Waals surface area contributed by atoms with Crippen LogP contribution in [0.4, 0.5) is 0 Å². The van der Waals surface area contributed by atoms with Gasteiger partial charge in [0.05, 0.1) is 6.04 Å².